The van der Waals surface area contributed by atoms with E-state index >= 15 is 0 Å². The van der Waals surface area contributed by atoms with Crippen LogP contribution in [0.25, 0.3) is 21.7 Å². The van der Waals surface area contributed by atoms with Crippen LogP contribution in [0.1, 0.15) is 20.3 Å². The maximum Gasteiger partial charge on any atom is 0.181 e. The molecule has 0 radical (unpaired) electrons. The van der Waals surface area contributed by atoms with Crippen LogP contribution >= 0.6 is 11.3 Å². The molecule has 0 bridgehead atoms. The van der Waals surface area contributed by atoms with E-state index in [1.807, 2.05) is 23.6 Å². The maximum atomic E-state index is 5.73. The molecule has 0 amide bonds. The molecule has 118 valence electrons. The third-order valence-electron chi connectivity index (χ3n) is 4.51. The second-order valence-corrected chi connectivity index (χ2v) is 6.95. The van der Waals surface area contributed by atoms with Crippen molar-refractivity contribution in [3.05, 3.63) is 35.8 Å². The van der Waals surface area contributed by atoms with Gasteiger partial charge in [0.15, 0.2) is 5.82 Å². The van der Waals surface area contributed by atoms with Crippen LogP contribution in [0.4, 0.5) is 5.82 Å². The molecule has 1 aliphatic rings. The standard InChI is InChI=1S/C17H18N4OS/c1-11-17(2,7-9-22-11)21-14-12-6-10-23-16(12)20-15(19-14)13-5-3-4-8-18-13/h3-6,8,10-11H,7,9H2,1-2H3,(H,19,20,21). The molecule has 3 aromatic rings. The van der Waals surface area contributed by atoms with Crippen molar-refractivity contribution in [3.8, 4) is 11.5 Å². The van der Waals surface area contributed by atoms with E-state index in [2.05, 4.69) is 35.2 Å². The predicted molar refractivity (Wildman–Crippen MR) is 92.7 cm³/mol. The summed E-state index contributed by atoms with van der Waals surface area (Å²) in [5.74, 6) is 1.51. The van der Waals surface area contributed by atoms with Gasteiger partial charge < -0.3 is 10.1 Å². The molecule has 4 rings (SSSR count). The molecule has 0 aromatic carbocycles. The molecule has 0 aliphatic carbocycles. The number of thiophene rings is 1. The molecule has 3 aromatic heterocycles. The summed E-state index contributed by atoms with van der Waals surface area (Å²) in [7, 11) is 0. The average Bonchev–Trinajstić information content (AvgIpc) is 3.16. The number of hydrogen-bond acceptors (Lipinski definition) is 6. The van der Waals surface area contributed by atoms with Gasteiger partial charge in [0.2, 0.25) is 0 Å². The van der Waals surface area contributed by atoms with E-state index in [1.54, 1.807) is 17.5 Å². The van der Waals surface area contributed by atoms with Crippen LogP contribution in [0.5, 0.6) is 0 Å². The van der Waals surface area contributed by atoms with Crippen LogP contribution in [0.3, 0.4) is 0 Å². The zero-order valence-electron chi connectivity index (χ0n) is 13.1. The van der Waals surface area contributed by atoms with Gasteiger partial charge in [0.1, 0.15) is 16.3 Å². The number of nitrogens with zero attached hydrogens (tertiary/aromatic N) is 3. The smallest absolute Gasteiger partial charge is 0.181 e. The van der Waals surface area contributed by atoms with Gasteiger partial charge in [0, 0.05) is 12.8 Å². The SMILES string of the molecule is CC1OCCC1(C)Nc1nc(-c2ccccn2)nc2sccc12. The number of hydrogen-bond donors (Lipinski definition) is 1. The first-order valence-corrected chi connectivity index (χ1v) is 8.60. The zero-order chi connectivity index (χ0) is 15.9. The van der Waals surface area contributed by atoms with Crippen LogP contribution in [0.15, 0.2) is 35.8 Å². The van der Waals surface area contributed by atoms with Crippen LogP contribution in [0.2, 0.25) is 0 Å². The van der Waals surface area contributed by atoms with Crippen LogP contribution < -0.4 is 5.32 Å². The van der Waals surface area contributed by atoms with E-state index in [-0.39, 0.29) is 11.6 Å². The minimum absolute atomic E-state index is 0.120. The summed E-state index contributed by atoms with van der Waals surface area (Å²) in [4.78, 5) is 14.8. The zero-order valence-corrected chi connectivity index (χ0v) is 13.9. The largest absolute Gasteiger partial charge is 0.376 e. The van der Waals surface area contributed by atoms with Crippen molar-refractivity contribution in [1.82, 2.24) is 15.0 Å². The van der Waals surface area contributed by atoms with Crippen molar-refractivity contribution in [2.24, 2.45) is 0 Å². The highest BCUT2D eigenvalue weighted by atomic mass is 32.1. The number of rotatable bonds is 3. The molecular weight excluding hydrogens is 308 g/mol. The number of aromatic nitrogens is 3. The fourth-order valence-electron chi connectivity index (χ4n) is 2.83. The highest BCUT2D eigenvalue weighted by molar-refractivity contribution is 7.16. The van der Waals surface area contributed by atoms with Crippen LogP contribution in [-0.4, -0.2) is 33.2 Å². The van der Waals surface area contributed by atoms with Gasteiger partial charge in [-0.3, -0.25) is 4.98 Å². The molecule has 1 aliphatic heterocycles. The van der Waals surface area contributed by atoms with Gasteiger partial charge in [-0.25, -0.2) is 9.97 Å². The lowest BCUT2D eigenvalue weighted by Gasteiger charge is -2.29. The van der Waals surface area contributed by atoms with Gasteiger partial charge in [-0.15, -0.1) is 11.3 Å². The number of nitrogens with one attached hydrogen (secondary N) is 1. The Balaban J connectivity index is 1.80. The maximum absolute atomic E-state index is 5.73. The number of ether oxygens (including phenoxy) is 1. The van der Waals surface area contributed by atoms with Crippen molar-refractivity contribution in [2.45, 2.75) is 31.9 Å². The second kappa shape index (κ2) is 5.54. The molecule has 6 heteroatoms. The van der Waals surface area contributed by atoms with Crippen molar-refractivity contribution < 1.29 is 4.74 Å². The van der Waals surface area contributed by atoms with Gasteiger partial charge >= 0.3 is 0 Å². The first-order valence-electron chi connectivity index (χ1n) is 7.72. The second-order valence-electron chi connectivity index (χ2n) is 6.06. The van der Waals surface area contributed by atoms with Crippen molar-refractivity contribution in [3.63, 3.8) is 0 Å². The van der Waals surface area contributed by atoms with Gasteiger partial charge in [-0.2, -0.15) is 0 Å². The molecule has 2 unspecified atom stereocenters. The van der Waals surface area contributed by atoms with Crippen molar-refractivity contribution in [2.75, 3.05) is 11.9 Å². The Labute approximate surface area is 138 Å². The molecule has 1 N–H and O–H groups in total. The Hall–Kier alpha value is -2.05. The number of fused-ring (bicyclic) bond motifs is 1. The Kier molecular flexibility index (Phi) is 3.50. The normalized spacial score (nSPS) is 24.2. The first-order chi connectivity index (χ1) is 11.2. The van der Waals surface area contributed by atoms with Crippen molar-refractivity contribution in [1.29, 1.82) is 0 Å². The fraction of sp³-hybridized carbons (Fsp3) is 0.353. The average molecular weight is 326 g/mol. The molecule has 0 spiro atoms. The van der Waals surface area contributed by atoms with E-state index < -0.39 is 0 Å². The van der Waals surface area contributed by atoms with Gasteiger partial charge in [0.05, 0.1) is 17.0 Å². The van der Waals surface area contributed by atoms with Crippen LogP contribution in [-0.2, 0) is 4.74 Å². The molecule has 2 atom stereocenters. The minimum Gasteiger partial charge on any atom is -0.376 e. The van der Waals surface area contributed by atoms with E-state index in [1.165, 1.54) is 0 Å². The van der Waals surface area contributed by atoms with E-state index in [9.17, 15) is 0 Å². The van der Waals surface area contributed by atoms with Gasteiger partial charge in [-0.05, 0) is 43.8 Å². The van der Waals surface area contributed by atoms with Crippen molar-refractivity contribution >= 4 is 27.4 Å². The molecule has 5 nitrogen and oxygen atoms in total. The lowest BCUT2D eigenvalue weighted by Crippen LogP contribution is -2.41. The molecule has 1 saturated heterocycles. The number of pyridine rings is 1. The first kappa shape index (κ1) is 14.5. The lowest BCUT2D eigenvalue weighted by molar-refractivity contribution is 0.105. The van der Waals surface area contributed by atoms with E-state index in [0.717, 1.165) is 34.8 Å². The topological polar surface area (TPSA) is 59.9 Å². The molecular formula is C17H18N4OS. The summed E-state index contributed by atoms with van der Waals surface area (Å²) in [6.45, 7) is 5.06. The Morgan fingerprint density at radius 1 is 1.30 bits per heavy atom. The third-order valence-corrected chi connectivity index (χ3v) is 5.32. The lowest BCUT2D eigenvalue weighted by atomic mass is 9.94. The Bertz CT molecular complexity index is 835. The highest BCUT2D eigenvalue weighted by Gasteiger charge is 2.37. The minimum atomic E-state index is -0.120. The van der Waals surface area contributed by atoms with Crippen LogP contribution in [0, 0.1) is 0 Å². The Morgan fingerprint density at radius 3 is 2.96 bits per heavy atom. The van der Waals surface area contributed by atoms with Gasteiger partial charge in [0.25, 0.3) is 0 Å². The molecule has 23 heavy (non-hydrogen) atoms. The monoisotopic (exact) mass is 326 g/mol. The molecule has 1 fully saturated rings. The summed E-state index contributed by atoms with van der Waals surface area (Å²) in [5.41, 5.74) is 0.664. The third kappa shape index (κ3) is 2.58. The Morgan fingerprint density at radius 2 is 2.22 bits per heavy atom. The quantitative estimate of drug-likeness (QED) is 0.794. The summed E-state index contributed by atoms with van der Waals surface area (Å²) < 4.78 is 5.73. The van der Waals surface area contributed by atoms with Gasteiger partial charge in [-0.1, -0.05) is 6.07 Å². The van der Waals surface area contributed by atoms with E-state index in [4.69, 9.17) is 9.72 Å². The summed E-state index contributed by atoms with van der Waals surface area (Å²) in [5, 5.41) is 6.71. The molecule has 0 saturated carbocycles. The summed E-state index contributed by atoms with van der Waals surface area (Å²) in [6, 6.07) is 7.84. The predicted octanol–water partition coefficient (Wildman–Crippen LogP) is 3.73. The fourth-order valence-corrected chi connectivity index (χ4v) is 3.59. The summed E-state index contributed by atoms with van der Waals surface area (Å²) >= 11 is 1.62. The van der Waals surface area contributed by atoms with E-state index in [0.29, 0.717) is 5.82 Å². The number of anilines is 1. The summed E-state index contributed by atoms with van der Waals surface area (Å²) in [6.07, 6.45) is 2.87. The highest BCUT2D eigenvalue weighted by Crippen LogP contribution is 2.34. The molecule has 4 heterocycles.